The molecule has 0 aliphatic carbocycles. The Balaban J connectivity index is 1.43. The highest BCUT2D eigenvalue weighted by molar-refractivity contribution is 5.79. The Morgan fingerprint density at radius 1 is 1.11 bits per heavy atom. The summed E-state index contributed by atoms with van der Waals surface area (Å²) < 4.78 is 0. The Hall–Kier alpha value is -1.32. The van der Waals surface area contributed by atoms with E-state index in [-0.39, 0.29) is 0 Å². The van der Waals surface area contributed by atoms with Crippen molar-refractivity contribution in [3.05, 3.63) is 36.0 Å². The van der Waals surface area contributed by atoms with Gasteiger partial charge in [-0.3, -0.25) is 0 Å². The van der Waals surface area contributed by atoms with Crippen LogP contribution in [0.2, 0.25) is 0 Å². The molecule has 1 aromatic heterocycles. The molecule has 0 amide bonds. The lowest BCUT2D eigenvalue weighted by atomic mass is 10.1. The fraction of sp³-hybridized carbons (Fsp3) is 0.500. The van der Waals surface area contributed by atoms with Gasteiger partial charge in [-0.2, -0.15) is 0 Å². The number of aromatic nitrogens is 1. The van der Waals surface area contributed by atoms with Crippen molar-refractivity contribution in [2.45, 2.75) is 25.8 Å². The van der Waals surface area contributed by atoms with Crippen LogP contribution in [-0.2, 0) is 6.54 Å². The maximum atomic E-state index is 3.55. The molecule has 3 rings (SSSR count). The summed E-state index contributed by atoms with van der Waals surface area (Å²) in [6.45, 7) is 5.81. The molecule has 0 spiro atoms. The van der Waals surface area contributed by atoms with Crippen LogP contribution >= 0.6 is 0 Å². The molecule has 0 radical (unpaired) electrons. The van der Waals surface area contributed by atoms with Crippen LogP contribution in [0, 0.1) is 0 Å². The fourth-order valence-corrected chi connectivity index (χ4v) is 2.86. The summed E-state index contributed by atoms with van der Waals surface area (Å²) in [4.78, 5) is 5.84. The number of piperidine rings is 1. The highest BCUT2D eigenvalue weighted by Crippen LogP contribution is 2.14. The van der Waals surface area contributed by atoms with Gasteiger partial charge in [0.05, 0.1) is 0 Å². The van der Waals surface area contributed by atoms with Crippen LogP contribution < -0.4 is 5.32 Å². The van der Waals surface area contributed by atoms with Gasteiger partial charge in [-0.1, -0.05) is 18.6 Å². The highest BCUT2D eigenvalue weighted by Gasteiger charge is 2.08. The number of rotatable bonds is 5. The Morgan fingerprint density at radius 3 is 2.89 bits per heavy atom. The zero-order chi connectivity index (χ0) is 12.9. The van der Waals surface area contributed by atoms with Crippen LogP contribution in [0.25, 0.3) is 10.9 Å². The van der Waals surface area contributed by atoms with E-state index in [9.17, 15) is 0 Å². The predicted octanol–water partition coefficient (Wildman–Crippen LogP) is 2.74. The molecule has 1 aliphatic rings. The molecular weight excluding hydrogens is 234 g/mol. The molecule has 3 nitrogen and oxygen atoms in total. The number of hydrogen-bond donors (Lipinski definition) is 2. The van der Waals surface area contributed by atoms with Crippen molar-refractivity contribution in [1.29, 1.82) is 0 Å². The minimum atomic E-state index is 0.961. The van der Waals surface area contributed by atoms with Crippen LogP contribution in [0.4, 0.5) is 0 Å². The second-order valence-corrected chi connectivity index (χ2v) is 5.48. The molecule has 1 aliphatic heterocycles. The third-order valence-corrected chi connectivity index (χ3v) is 4.00. The molecule has 0 bridgehead atoms. The predicted molar refractivity (Wildman–Crippen MR) is 80.3 cm³/mol. The monoisotopic (exact) mass is 257 g/mol. The van der Waals surface area contributed by atoms with Gasteiger partial charge in [0.1, 0.15) is 0 Å². The van der Waals surface area contributed by atoms with Gasteiger partial charge in [-0.25, -0.2) is 0 Å². The summed E-state index contributed by atoms with van der Waals surface area (Å²) in [5, 5.41) is 4.84. The summed E-state index contributed by atoms with van der Waals surface area (Å²) in [5.74, 6) is 0. The first-order valence-corrected chi connectivity index (χ1v) is 7.41. The van der Waals surface area contributed by atoms with Crippen LogP contribution in [0.3, 0.4) is 0 Å². The van der Waals surface area contributed by atoms with E-state index in [0.717, 1.165) is 13.1 Å². The zero-order valence-electron chi connectivity index (χ0n) is 11.5. The number of benzene rings is 1. The smallest absolute Gasteiger partial charge is 0.0457 e. The van der Waals surface area contributed by atoms with E-state index in [1.807, 2.05) is 6.20 Å². The van der Waals surface area contributed by atoms with Gasteiger partial charge in [0.25, 0.3) is 0 Å². The first-order chi connectivity index (χ1) is 9.42. The van der Waals surface area contributed by atoms with Crippen LogP contribution in [0.15, 0.2) is 30.5 Å². The van der Waals surface area contributed by atoms with Crippen molar-refractivity contribution in [2.24, 2.45) is 0 Å². The fourth-order valence-electron chi connectivity index (χ4n) is 2.86. The number of nitrogens with one attached hydrogen (secondary N) is 2. The third-order valence-electron chi connectivity index (χ3n) is 4.00. The molecule has 0 unspecified atom stereocenters. The van der Waals surface area contributed by atoms with Crippen LogP contribution in [-0.4, -0.2) is 36.1 Å². The normalized spacial score (nSPS) is 17.1. The summed E-state index contributed by atoms with van der Waals surface area (Å²) in [5.41, 5.74) is 2.59. The Kier molecular flexibility index (Phi) is 4.16. The SMILES string of the molecule is c1cc2ccc(CNCCN3CCCCC3)cc2[nH]1. The molecule has 2 N–H and O–H groups in total. The molecule has 19 heavy (non-hydrogen) atoms. The minimum Gasteiger partial charge on any atom is -0.361 e. The summed E-state index contributed by atoms with van der Waals surface area (Å²) in [6.07, 6.45) is 6.17. The van der Waals surface area contributed by atoms with E-state index >= 15 is 0 Å². The van der Waals surface area contributed by atoms with E-state index < -0.39 is 0 Å². The van der Waals surface area contributed by atoms with Crippen molar-refractivity contribution < 1.29 is 0 Å². The van der Waals surface area contributed by atoms with E-state index in [1.165, 1.54) is 55.4 Å². The number of H-pyrrole nitrogens is 1. The zero-order valence-corrected chi connectivity index (χ0v) is 11.5. The first-order valence-electron chi connectivity index (χ1n) is 7.41. The van der Waals surface area contributed by atoms with Gasteiger partial charge < -0.3 is 15.2 Å². The molecular formula is C16H23N3. The molecule has 1 saturated heterocycles. The molecule has 0 atom stereocenters. The van der Waals surface area contributed by atoms with Gasteiger partial charge in [-0.05, 0) is 49.0 Å². The second kappa shape index (κ2) is 6.22. The standard InChI is InChI=1S/C16H23N3/c1-2-9-19(10-3-1)11-8-17-13-14-4-5-15-6-7-18-16(15)12-14/h4-7,12,17-18H,1-3,8-11,13H2. The minimum absolute atomic E-state index is 0.961. The maximum Gasteiger partial charge on any atom is 0.0457 e. The van der Waals surface area contributed by atoms with Crippen molar-refractivity contribution in [3.8, 4) is 0 Å². The molecule has 1 aromatic carbocycles. The largest absolute Gasteiger partial charge is 0.361 e. The Bertz CT molecular complexity index is 511. The van der Waals surface area contributed by atoms with Gasteiger partial charge in [-0.15, -0.1) is 0 Å². The van der Waals surface area contributed by atoms with Crippen molar-refractivity contribution in [2.75, 3.05) is 26.2 Å². The van der Waals surface area contributed by atoms with Gasteiger partial charge in [0.15, 0.2) is 0 Å². The number of hydrogen-bond acceptors (Lipinski definition) is 2. The highest BCUT2D eigenvalue weighted by atomic mass is 15.1. The van der Waals surface area contributed by atoms with E-state index in [2.05, 4.69) is 39.5 Å². The number of aromatic amines is 1. The van der Waals surface area contributed by atoms with E-state index in [1.54, 1.807) is 0 Å². The quantitative estimate of drug-likeness (QED) is 0.807. The van der Waals surface area contributed by atoms with Gasteiger partial charge in [0.2, 0.25) is 0 Å². The number of fused-ring (bicyclic) bond motifs is 1. The molecule has 3 heteroatoms. The molecule has 1 fully saturated rings. The third kappa shape index (κ3) is 3.37. The van der Waals surface area contributed by atoms with Crippen molar-refractivity contribution in [1.82, 2.24) is 15.2 Å². The summed E-state index contributed by atoms with van der Waals surface area (Å²) >= 11 is 0. The maximum absolute atomic E-state index is 3.55. The lowest BCUT2D eigenvalue weighted by molar-refractivity contribution is 0.229. The lowest BCUT2D eigenvalue weighted by Gasteiger charge is -2.26. The topological polar surface area (TPSA) is 31.1 Å². The van der Waals surface area contributed by atoms with Gasteiger partial charge in [0, 0.05) is 31.3 Å². The molecule has 102 valence electrons. The molecule has 0 saturated carbocycles. The summed E-state index contributed by atoms with van der Waals surface area (Å²) in [6, 6.07) is 8.75. The average Bonchev–Trinajstić information content (AvgIpc) is 2.92. The van der Waals surface area contributed by atoms with Crippen molar-refractivity contribution in [3.63, 3.8) is 0 Å². The van der Waals surface area contributed by atoms with Gasteiger partial charge >= 0.3 is 0 Å². The molecule has 2 heterocycles. The lowest BCUT2D eigenvalue weighted by Crippen LogP contribution is -2.35. The van der Waals surface area contributed by atoms with E-state index in [0.29, 0.717) is 0 Å². The van der Waals surface area contributed by atoms with E-state index in [4.69, 9.17) is 0 Å². The molecule has 2 aromatic rings. The first kappa shape index (κ1) is 12.7. The summed E-state index contributed by atoms with van der Waals surface area (Å²) in [7, 11) is 0. The Labute approximate surface area is 115 Å². The average molecular weight is 257 g/mol. The second-order valence-electron chi connectivity index (χ2n) is 5.48. The van der Waals surface area contributed by atoms with Crippen LogP contribution in [0.1, 0.15) is 24.8 Å². The number of nitrogens with zero attached hydrogens (tertiary/aromatic N) is 1. The van der Waals surface area contributed by atoms with Crippen LogP contribution in [0.5, 0.6) is 0 Å². The van der Waals surface area contributed by atoms with Crippen molar-refractivity contribution >= 4 is 10.9 Å². The Morgan fingerprint density at radius 2 is 2.00 bits per heavy atom. The number of likely N-dealkylation sites (tertiary alicyclic amines) is 1.